The number of fused-ring (bicyclic) bond motifs is 1. The smallest absolute Gasteiger partial charge is 0.308 e. The molecule has 1 fully saturated rings. The summed E-state index contributed by atoms with van der Waals surface area (Å²) in [5, 5.41) is 0. The Hall–Kier alpha value is -3.03. The van der Waals surface area contributed by atoms with Crippen molar-refractivity contribution in [2.45, 2.75) is 40.0 Å². The minimum absolute atomic E-state index is 0.0488. The van der Waals surface area contributed by atoms with Crippen molar-refractivity contribution < 1.29 is 28.7 Å². The van der Waals surface area contributed by atoms with Crippen LogP contribution in [-0.2, 0) is 19.1 Å². The Bertz CT molecular complexity index is 900. The third-order valence-electron chi connectivity index (χ3n) is 5.57. The van der Waals surface area contributed by atoms with E-state index < -0.39 is 18.4 Å². The second kappa shape index (κ2) is 8.14. The predicted molar refractivity (Wildman–Crippen MR) is 102 cm³/mol. The van der Waals surface area contributed by atoms with Gasteiger partial charge in [0.2, 0.25) is 17.6 Å². The topological polar surface area (TPSA) is 114 Å². The quantitative estimate of drug-likeness (QED) is 0.324. The molecule has 8 heteroatoms. The molecule has 0 spiro atoms. The van der Waals surface area contributed by atoms with Crippen LogP contribution >= 0.6 is 0 Å². The molecule has 0 bridgehead atoms. The molecule has 0 saturated carbocycles. The van der Waals surface area contributed by atoms with Crippen LogP contribution in [0.2, 0.25) is 0 Å². The lowest BCUT2D eigenvalue weighted by Crippen LogP contribution is -2.33. The molecule has 1 aromatic rings. The van der Waals surface area contributed by atoms with E-state index in [2.05, 4.69) is 4.98 Å². The minimum atomic E-state index is -0.667. The van der Waals surface area contributed by atoms with Gasteiger partial charge in [-0.05, 0) is 39.2 Å². The van der Waals surface area contributed by atoms with E-state index in [1.54, 1.807) is 13.8 Å². The number of aromatic nitrogens is 1. The summed E-state index contributed by atoms with van der Waals surface area (Å²) in [7, 11) is 0. The van der Waals surface area contributed by atoms with Crippen molar-refractivity contribution in [3.63, 3.8) is 0 Å². The number of hydrogen-bond donors (Lipinski definition) is 1. The number of ketones is 2. The average molecular weight is 400 g/mol. The third-order valence-corrected chi connectivity index (χ3v) is 5.57. The molecular weight excluding hydrogens is 376 g/mol. The number of imide groups is 1. The van der Waals surface area contributed by atoms with Gasteiger partial charge in [0.1, 0.15) is 0 Å². The molecule has 1 saturated heterocycles. The first-order chi connectivity index (χ1) is 13.7. The maximum Gasteiger partial charge on any atom is 0.308 e. The van der Waals surface area contributed by atoms with Crippen molar-refractivity contribution in [1.82, 2.24) is 9.88 Å². The number of rotatable bonds is 7. The number of nitrogens with zero attached hydrogens (tertiary/aromatic N) is 1. The first-order valence-corrected chi connectivity index (χ1v) is 9.61. The van der Waals surface area contributed by atoms with Crippen molar-refractivity contribution in [2.24, 2.45) is 11.8 Å². The van der Waals surface area contributed by atoms with Crippen LogP contribution in [-0.4, -0.2) is 52.4 Å². The number of aryl methyl sites for hydroxylation is 1. The molecule has 2 atom stereocenters. The highest BCUT2D eigenvalue weighted by Gasteiger charge is 2.46. The van der Waals surface area contributed by atoms with E-state index in [-0.39, 0.29) is 48.1 Å². The van der Waals surface area contributed by atoms with E-state index in [0.717, 1.165) is 4.90 Å². The fourth-order valence-electron chi connectivity index (χ4n) is 4.14. The Kier molecular flexibility index (Phi) is 5.81. The molecule has 3 rings (SSSR count). The van der Waals surface area contributed by atoms with Crippen LogP contribution in [0.1, 0.15) is 58.3 Å². The first kappa shape index (κ1) is 20.7. The molecule has 0 aromatic carbocycles. The lowest BCUT2D eigenvalue weighted by atomic mass is 9.85. The zero-order chi connectivity index (χ0) is 21.3. The number of ether oxygens (including phenoxy) is 1. The van der Waals surface area contributed by atoms with E-state index in [1.807, 2.05) is 12.2 Å². The zero-order valence-corrected chi connectivity index (χ0v) is 16.7. The number of carbonyl (C=O) groups is 5. The number of likely N-dealkylation sites (tertiary alicyclic amines) is 1. The summed E-state index contributed by atoms with van der Waals surface area (Å²) in [5.74, 6) is -2.43. The Labute approximate surface area is 168 Å². The molecule has 2 amide bonds. The standard InChI is InChI=1S/C21H24N2O6/c1-11-18(13(3)24)12(2)22-19(11)16(25)10-29-17(26)8-9-23-20(27)14-6-4-5-7-15(14)21(23)28/h4-5,14-15,22H,6-10H2,1-3H3. The summed E-state index contributed by atoms with van der Waals surface area (Å²) in [6.45, 7) is 4.25. The fourth-order valence-corrected chi connectivity index (χ4v) is 4.14. The number of nitrogens with one attached hydrogen (secondary N) is 1. The van der Waals surface area contributed by atoms with Gasteiger partial charge < -0.3 is 9.72 Å². The van der Waals surface area contributed by atoms with Crippen LogP contribution in [0.25, 0.3) is 0 Å². The molecule has 2 unspecified atom stereocenters. The monoisotopic (exact) mass is 400 g/mol. The van der Waals surface area contributed by atoms with Gasteiger partial charge in [-0.15, -0.1) is 0 Å². The molecule has 1 aliphatic heterocycles. The highest BCUT2D eigenvalue weighted by atomic mass is 16.5. The van der Waals surface area contributed by atoms with Crippen molar-refractivity contribution >= 4 is 29.4 Å². The van der Waals surface area contributed by atoms with E-state index in [4.69, 9.17) is 4.74 Å². The SMILES string of the molecule is CC(=O)c1c(C)[nH]c(C(=O)COC(=O)CCN2C(=O)C3CC=CCC3C2=O)c1C. The maximum atomic E-state index is 12.4. The van der Waals surface area contributed by atoms with Gasteiger partial charge in [0.25, 0.3) is 0 Å². The zero-order valence-electron chi connectivity index (χ0n) is 16.7. The molecule has 1 N–H and O–H groups in total. The van der Waals surface area contributed by atoms with Crippen LogP contribution in [0.3, 0.4) is 0 Å². The van der Waals surface area contributed by atoms with Gasteiger partial charge in [-0.2, -0.15) is 0 Å². The van der Waals surface area contributed by atoms with E-state index in [9.17, 15) is 24.0 Å². The summed E-state index contributed by atoms with van der Waals surface area (Å²) >= 11 is 0. The van der Waals surface area contributed by atoms with Crippen molar-refractivity contribution in [1.29, 1.82) is 0 Å². The Morgan fingerprint density at radius 1 is 1.10 bits per heavy atom. The Morgan fingerprint density at radius 2 is 1.69 bits per heavy atom. The molecule has 1 aromatic heterocycles. The summed E-state index contributed by atoms with van der Waals surface area (Å²) < 4.78 is 5.02. The van der Waals surface area contributed by atoms with Gasteiger partial charge in [-0.3, -0.25) is 28.9 Å². The fraction of sp³-hybridized carbons (Fsp3) is 0.476. The minimum Gasteiger partial charge on any atom is -0.457 e. The number of H-pyrrole nitrogens is 1. The van der Waals surface area contributed by atoms with Crippen LogP contribution in [0.15, 0.2) is 12.2 Å². The van der Waals surface area contributed by atoms with Gasteiger partial charge in [-0.1, -0.05) is 12.2 Å². The summed E-state index contributed by atoms with van der Waals surface area (Å²) in [6, 6.07) is 0. The second-order valence-corrected chi connectivity index (χ2v) is 7.50. The lowest BCUT2D eigenvalue weighted by Gasteiger charge is -2.14. The van der Waals surface area contributed by atoms with Crippen molar-refractivity contribution in [3.8, 4) is 0 Å². The predicted octanol–water partition coefficient (Wildman–Crippen LogP) is 1.90. The van der Waals surface area contributed by atoms with Gasteiger partial charge in [0.05, 0.1) is 24.0 Å². The van der Waals surface area contributed by atoms with Crippen LogP contribution in [0, 0.1) is 25.7 Å². The summed E-state index contributed by atoms with van der Waals surface area (Å²) in [4.78, 5) is 64.8. The van der Waals surface area contributed by atoms with Crippen molar-refractivity contribution in [2.75, 3.05) is 13.2 Å². The van der Waals surface area contributed by atoms with Crippen LogP contribution in [0.4, 0.5) is 0 Å². The number of allylic oxidation sites excluding steroid dienone is 2. The third kappa shape index (κ3) is 3.92. The molecule has 154 valence electrons. The molecule has 2 heterocycles. The van der Waals surface area contributed by atoms with E-state index >= 15 is 0 Å². The maximum absolute atomic E-state index is 12.4. The highest BCUT2D eigenvalue weighted by molar-refractivity contribution is 6.06. The number of Topliss-reactive ketones (excluding diaryl/α,β-unsaturated/α-hetero) is 2. The molecule has 29 heavy (non-hydrogen) atoms. The number of carbonyl (C=O) groups excluding carboxylic acids is 5. The summed E-state index contributed by atoms with van der Waals surface area (Å²) in [6.07, 6.45) is 4.72. The van der Waals surface area contributed by atoms with Gasteiger partial charge in [-0.25, -0.2) is 0 Å². The van der Waals surface area contributed by atoms with Gasteiger partial charge in [0, 0.05) is 17.8 Å². The largest absolute Gasteiger partial charge is 0.457 e. The van der Waals surface area contributed by atoms with Crippen molar-refractivity contribution in [3.05, 3.63) is 34.7 Å². The average Bonchev–Trinajstić information content (AvgIpc) is 3.12. The Morgan fingerprint density at radius 3 is 2.21 bits per heavy atom. The highest BCUT2D eigenvalue weighted by Crippen LogP contribution is 2.35. The van der Waals surface area contributed by atoms with E-state index in [0.29, 0.717) is 29.7 Å². The summed E-state index contributed by atoms with van der Waals surface area (Å²) in [5.41, 5.74) is 1.82. The first-order valence-electron chi connectivity index (χ1n) is 9.61. The van der Waals surface area contributed by atoms with Crippen LogP contribution in [0.5, 0.6) is 0 Å². The molecule has 2 aliphatic rings. The molecular formula is C21H24N2O6. The van der Waals surface area contributed by atoms with Gasteiger partial charge in [0.15, 0.2) is 12.4 Å². The number of aromatic amines is 1. The molecule has 0 radical (unpaired) electrons. The number of esters is 1. The molecule has 1 aliphatic carbocycles. The lowest BCUT2D eigenvalue weighted by molar-refractivity contribution is -0.145. The number of amides is 2. The normalized spacial score (nSPS) is 20.7. The van der Waals surface area contributed by atoms with Gasteiger partial charge >= 0.3 is 5.97 Å². The molecule has 8 nitrogen and oxygen atoms in total. The second-order valence-electron chi connectivity index (χ2n) is 7.50. The van der Waals surface area contributed by atoms with Crippen LogP contribution < -0.4 is 0 Å². The number of hydrogen-bond acceptors (Lipinski definition) is 6. The Balaban J connectivity index is 1.53. The van der Waals surface area contributed by atoms with E-state index in [1.165, 1.54) is 6.92 Å².